The van der Waals surface area contributed by atoms with Crippen LogP contribution in [0.15, 0.2) is 29.3 Å². The van der Waals surface area contributed by atoms with E-state index in [2.05, 4.69) is 44.4 Å². The minimum atomic E-state index is 0.353. The minimum absolute atomic E-state index is 0.353. The Hall–Kier alpha value is -1.63. The normalized spacial score (nSPS) is 26.9. The van der Waals surface area contributed by atoms with Gasteiger partial charge in [0.1, 0.15) is 0 Å². The fourth-order valence-electron chi connectivity index (χ4n) is 4.48. The number of aliphatic imine (C=N–C) groups is 1. The molecule has 6 nitrogen and oxygen atoms in total. The average molecular weight is 373 g/mol. The average Bonchev–Trinajstić information content (AvgIpc) is 3.34. The smallest absolute Gasteiger partial charge is 0.193 e. The van der Waals surface area contributed by atoms with Crippen LogP contribution >= 0.6 is 0 Å². The predicted molar refractivity (Wildman–Crippen MR) is 107 cm³/mol. The summed E-state index contributed by atoms with van der Waals surface area (Å²) in [5, 5.41) is 3.60. The Morgan fingerprint density at radius 2 is 1.89 bits per heavy atom. The molecule has 0 saturated carbocycles. The molecule has 148 valence electrons. The summed E-state index contributed by atoms with van der Waals surface area (Å²) in [6, 6.07) is 8.74. The topological polar surface area (TPSA) is 49.3 Å². The van der Waals surface area contributed by atoms with Crippen molar-refractivity contribution in [2.45, 2.75) is 25.9 Å². The van der Waals surface area contributed by atoms with Gasteiger partial charge in [-0.3, -0.25) is 9.89 Å². The lowest BCUT2D eigenvalue weighted by Gasteiger charge is -2.28. The molecule has 1 aromatic rings. The number of ether oxygens (including phenoxy) is 2. The van der Waals surface area contributed by atoms with E-state index in [9.17, 15) is 0 Å². The molecule has 0 bridgehead atoms. The number of benzene rings is 1. The maximum absolute atomic E-state index is 5.66. The summed E-state index contributed by atoms with van der Waals surface area (Å²) in [5.41, 5.74) is 3.10. The fourth-order valence-corrected chi connectivity index (χ4v) is 4.48. The third-order valence-corrected chi connectivity index (χ3v) is 6.19. The molecule has 0 amide bonds. The summed E-state index contributed by atoms with van der Waals surface area (Å²) >= 11 is 0. The van der Waals surface area contributed by atoms with Crippen LogP contribution in [0, 0.1) is 5.41 Å². The molecule has 3 fully saturated rings. The lowest BCUT2D eigenvalue weighted by Crippen LogP contribution is -2.41. The molecule has 0 aliphatic carbocycles. The highest BCUT2D eigenvalue weighted by molar-refractivity contribution is 5.80. The summed E-state index contributed by atoms with van der Waals surface area (Å²) in [7, 11) is 1.89. The largest absolute Gasteiger partial charge is 0.381 e. The van der Waals surface area contributed by atoms with Gasteiger partial charge in [0.2, 0.25) is 0 Å². The monoisotopic (exact) mass is 372 g/mol. The maximum atomic E-state index is 5.66. The predicted octanol–water partition coefficient (Wildman–Crippen LogP) is 1.71. The summed E-state index contributed by atoms with van der Waals surface area (Å²) in [6.45, 7) is 9.46. The van der Waals surface area contributed by atoms with E-state index in [1.54, 1.807) is 0 Å². The van der Waals surface area contributed by atoms with E-state index in [0.29, 0.717) is 5.41 Å². The van der Waals surface area contributed by atoms with Crippen molar-refractivity contribution in [1.82, 2.24) is 15.1 Å². The molecule has 1 spiro atoms. The third kappa shape index (κ3) is 4.45. The Morgan fingerprint density at radius 3 is 2.63 bits per heavy atom. The Labute approximate surface area is 162 Å². The highest BCUT2D eigenvalue weighted by Crippen LogP contribution is 2.38. The quantitative estimate of drug-likeness (QED) is 0.644. The number of rotatable bonds is 4. The van der Waals surface area contributed by atoms with Gasteiger partial charge in [-0.1, -0.05) is 24.3 Å². The Kier molecular flexibility index (Phi) is 5.95. The number of morpholine rings is 1. The summed E-state index contributed by atoms with van der Waals surface area (Å²) in [5.74, 6) is 1.01. The standard InChI is InChI=1S/C21H32N4O2/c1-22-20(25-8-6-21(16-25)7-11-27-17-21)23-14-18-4-2-3-5-19(18)15-24-9-12-26-13-10-24/h2-5H,6-17H2,1H3,(H,22,23). The highest BCUT2D eigenvalue weighted by atomic mass is 16.5. The molecule has 1 atom stereocenters. The molecule has 1 N–H and O–H groups in total. The van der Waals surface area contributed by atoms with Crippen LogP contribution in [0.3, 0.4) is 0 Å². The van der Waals surface area contributed by atoms with Gasteiger partial charge >= 0.3 is 0 Å². The van der Waals surface area contributed by atoms with E-state index in [1.807, 2.05) is 7.05 Å². The van der Waals surface area contributed by atoms with Crippen molar-refractivity contribution in [3.63, 3.8) is 0 Å². The van der Waals surface area contributed by atoms with E-state index < -0.39 is 0 Å². The minimum Gasteiger partial charge on any atom is -0.381 e. The summed E-state index contributed by atoms with van der Waals surface area (Å²) < 4.78 is 11.1. The fraction of sp³-hybridized carbons (Fsp3) is 0.667. The van der Waals surface area contributed by atoms with Gasteiger partial charge in [0.05, 0.1) is 19.8 Å². The number of nitrogens with zero attached hydrogens (tertiary/aromatic N) is 3. The molecule has 4 rings (SSSR count). The van der Waals surface area contributed by atoms with Crippen LogP contribution in [0.25, 0.3) is 0 Å². The van der Waals surface area contributed by atoms with Crippen molar-refractivity contribution in [2.75, 3.05) is 59.7 Å². The van der Waals surface area contributed by atoms with Crippen molar-refractivity contribution in [2.24, 2.45) is 10.4 Å². The highest BCUT2D eigenvalue weighted by Gasteiger charge is 2.42. The maximum Gasteiger partial charge on any atom is 0.193 e. The van der Waals surface area contributed by atoms with Crippen LogP contribution in [0.1, 0.15) is 24.0 Å². The molecule has 3 aliphatic rings. The molecular formula is C21H32N4O2. The van der Waals surface area contributed by atoms with Gasteiger partial charge in [0, 0.05) is 58.3 Å². The lowest BCUT2D eigenvalue weighted by atomic mass is 9.87. The number of hydrogen-bond donors (Lipinski definition) is 1. The lowest BCUT2D eigenvalue weighted by molar-refractivity contribution is 0.0341. The van der Waals surface area contributed by atoms with Crippen molar-refractivity contribution in [3.05, 3.63) is 35.4 Å². The van der Waals surface area contributed by atoms with Gasteiger partial charge in [-0.15, -0.1) is 0 Å². The summed E-state index contributed by atoms with van der Waals surface area (Å²) in [6.07, 6.45) is 2.39. The first-order valence-electron chi connectivity index (χ1n) is 10.2. The number of nitrogens with one attached hydrogen (secondary N) is 1. The molecule has 6 heteroatoms. The Balaban J connectivity index is 1.36. The molecule has 0 aromatic heterocycles. The second-order valence-corrected chi connectivity index (χ2v) is 8.03. The zero-order valence-corrected chi connectivity index (χ0v) is 16.5. The van der Waals surface area contributed by atoms with Crippen molar-refractivity contribution in [1.29, 1.82) is 0 Å². The molecule has 27 heavy (non-hydrogen) atoms. The summed E-state index contributed by atoms with van der Waals surface area (Å²) in [4.78, 5) is 9.42. The first kappa shape index (κ1) is 18.7. The van der Waals surface area contributed by atoms with Gasteiger partial charge in [-0.05, 0) is 24.0 Å². The Morgan fingerprint density at radius 1 is 1.07 bits per heavy atom. The second-order valence-electron chi connectivity index (χ2n) is 8.03. The van der Waals surface area contributed by atoms with Crippen molar-refractivity contribution >= 4 is 5.96 Å². The third-order valence-electron chi connectivity index (χ3n) is 6.19. The molecule has 0 radical (unpaired) electrons. The van der Waals surface area contributed by atoms with E-state index in [0.717, 1.165) is 71.7 Å². The molecule has 1 aromatic carbocycles. The zero-order chi connectivity index (χ0) is 18.5. The van der Waals surface area contributed by atoms with Crippen LogP contribution in [-0.2, 0) is 22.6 Å². The van der Waals surface area contributed by atoms with Crippen LogP contribution in [0.5, 0.6) is 0 Å². The van der Waals surface area contributed by atoms with Gasteiger partial charge in [-0.2, -0.15) is 0 Å². The van der Waals surface area contributed by atoms with Crippen molar-refractivity contribution in [3.8, 4) is 0 Å². The molecule has 3 saturated heterocycles. The SMILES string of the molecule is CN=C(NCc1ccccc1CN1CCOCC1)N1CCC2(CCOC2)C1. The van der Waals surface area contributed by atoms with Crippen LogP contribution in [0.4, 0.5) is 0 Å². The molecule has 3 aliphatic heterocycles. The number of guanidine groups is 1. The van der Waals surface area contributed by atoms with E-state index in [1.165, 1.54) is 24.0 Å². The van der Waals surface area contributed by atoms with Gasteiger partial charge in [-0.25, -0.2) is 0 Å². The van der Waals surface area contributed by atoms with E-state index in [-0.39, 0.29) is 0 Å². The molecular weight excluding hydrogens is 340 g/mol. The van der Waals surface area contributed by atoms with Crippen LogP contribution in [-0.4, -0.2) is 75.4 Å². The first-order chi connectivity index (χ1) is 13.3. The number of likely N-dealkylation sites (tertiary alicyclic amines) is 1. The van der Waals surface area contributed by atoms with Crippen LogP contribution < -0.4 is 5.32 Å². The van der Waals surface area contributed by atoms with Crippen molar-refractivity contribution < 1.29 is 9.47 Å². The first-order valence-corrected chi connectivity index (χ1v) is 10.2. The van der Waals surface area contributed by atoms with Gasteiger partial charge < -0.3 is 19.7 Å². The molecule has 3 heterocycles. The van der Waals surface area contributed by atoms with E-state index >= 15 is 0 Å². The van der Waals surface area contributed by atoms with Gasteiger partial charge in [0.15, 0.2) is 5.96 Å². The van der Waals surface area contributed by atoms with Gasteiger partial charge in [0.25, 0.3) is 0 Å². The number of hydrogen-bond acceptors (Lipinski definition) is 4. The van der Waals surface area contributed by atoms with Crippen LogP contribution in [0.2, 0.25) is 0 Å². The van der Waals surface area contributed by atoms with E-state index in [4.69, 9.17) is 9.47 Å². The molecule has 1 unspecified atom stereocenters. The Bertz CT molecular complexity index is 651. The zero-order valence-electron chi connectivity index (χ0n) is 16.5. The second kappa shape index (κ2) is 8.59.